The number of rotatable bonds is 4. The second-order valence-electron chi connectivity index (χ2n) is 3.49. The molecule has 0 nitrogen and oxygen atoms in total. The van der Waals surface area contributed by atoms with Gasteiger partial charge in [0, 0.05) is 10.7 Å². The maximum absolute atomic E-state index is 3.63. The van der Waals surface area contributed by atoms with E-state index in [4.69, 9.17) is 0 Å². The molecule has 0 bridgehead atoms. The normalized spacial score (nSPS) is 11.6. The maximum atomic E-state index is 3.63. The van der Waals surface area contributed by atoms with Gasteiger partial charge in [-0.25, -0.2) is 0 Å². The molecular formula is C12H17Br. The lowest BCUT2D eigenvalue weighted by molar-refractivity contribution is 0.451. The zero-order chi connectivity index (χ0) is 9.73. The van der Waals surface area contributed by atoms with Crippen molar-refractivity contribution >= 4 is 15.9 Å². The SMILES string of the molecule is CCC(CC)(CBr)c1ccccc1. The minimum atomic E-state index is 0.335. The molecule has 0 heterocycles. The Hall–Kier alpha value is -0.300. The summed E-state index contributed by atoms with van der Waals surface area (Å²) in [5.41, 5.74) is 1.79. The van der Waals surface area contributed by atoms with Crippen molar-refractivity contribution in [2.45, 2.75) is 32.1 Å². The second kappa shape index (κ2) is 4.80. The van der Waals surface area contributed by atoms with Crippen LogP contribution in [0.1, 0.15) is 32.3 Å². The van der Waals surface area contributed by atoms with Gasteiger partial charge in [0.1, 0.15) is 0 Å². The lowest BCUT2D eigenvalue weighted by Crippen LogP contribution is -2.25. The lowest BCUT2D eigenvalue weighted by Gasteiger charge is -2.30. The molecule has 0 radical (unpaired) electrons. The Morgan fingerprint density at radius 2 is 1.62 bits per heavy atom. The van der Waals surface area contributed by atoms with Gasteiger partial charge in [0.25, 0.3) is 0 Å². The first kappa shape index (κ1) is 10.8. The molecule has 0 fully saturated rings. The van der Waals surface area contributed by atoms with E-state index in [1.165, 1.54) is 18.4 Å². The van der Waals surface area contributed by atoms with Crippen LogP contribution in [0.4, 0.5) is 0 Å². The van der Waals surface area contributed by atoms with E-state index in [9.17, 15) is 0 Å². The molecule has 1 heteroatoms. The molecule has 0 aliphatic heterocycles. The quantitative estimate of drug-likeness (QED) is 0.695. The van der Waals surface area contributed by atoms with Crippen LogP contribution in [-0.2, 0) is 5.41 Å². The largest absolute Gasteiger partial charge is 0.0918 e. The average molecular weight is 241 g/mol. The summed E-state index contributed by atoms with van der Waals surface area (Å²) in [5.74, 6) is 0. The van der Waals surface area contributed by atoms with E-state index in [1.54, 1.807) is 0 Å². The van der Waals surface area contributed by atoms with Crippen molar-refractivity contribution in [1.82, 2.24) is 0 Å². The molecular weight excluding hydrogens is 224 g/mol. The Morgan fingerprint density at radius 1 is 1.08 bits per heavy atom. The van der Waals surface area contributed by atoms with Crippen molar-refractivity contribution in [2.24, 2.45) is 0 Å². The third-order valence-corrected chi connectivity index (χ3v) is 4.07. The van der Waals surface area contributed by atoms with Crippen molar-refractivity contribution in [3.8, 4) is 0 Å². The molecule has 0 saturated carbocycles. The smallest absolute Gasteiger partial charge is 0.0128 e. The minimum absolute atomic E-state index is 0.335. The van der Waals surface area contributed by atoms with Gasteiger partial charge in [0.2, 0.25) is 0 Å². The number of benzene rings is 1. The van der Waals surface area contributed by atoms with Gasteiger partial charge in [-0.1, -0.05) is 60.1 Å². The van der Waals surface area contributed by atoms with Crippen LogP contribution in [-0.4, -0.2) is 5.33 Å². The van der Waals surface area contributed by atoms with Crippen LogP contribution >= 0.6 is 15.9 Å². The predicted molar refractivity (Wildman–Crippen MR) is 62.5 cm³/mol. The van der Waals surface area contributed by atoms with E-state index in [0.29, 0.717) is 5.41 Å². The lowest BCUT2D eigenvalue weighted by atomic mass is 9.78. The summed E-state index contributed by atoms with van der Waals surface area (Å²) in [6.07, 6.45) is 2.39. The fourth-order valence-electron chi connectivity index (χ4n) is 1.72. The van der Waals surface area contributed by atoms with E-state index in [-0.39, 0.29) is 0 Å². The molecule has 0 amide bonds. The van der Waals surface area contributed by atoms with Gasteiger partial charge in [-0.2, -0.15) is 0 Å². The molecule has 1 aromatic rings. The summed E-state index contributed by atoms with van der Waals surface area (Å²) in [6.45, 7) is 4.52. The standard InChI is InChI=1S/C12H17Br/c1-3-12(4-2,10-13)11-8-6-5-7-9-11/h5-9H,3-4,10H2,1-2H3. The topological polar surface area (TPSA) is 0 Å². The zero-order valence-corrected chi connectivity index (χ0v) is 9.97. The number of hydrogen-bond donors (Lipinski definition) is 0. The molecule has 13 heavy (non-hydrogen) atoms. The summed E-state index contributed by atoms with van der Waals surface area (Å²) in [5, 5.41) is 1.05. The highest BCUT2D eigenvalue weighted by molar-refractivity contribution is 9.09. The van der Waals surface area contributed by atoms with Gasteiger partial charge in [0.05, 0.1) is 0 Å². The van der Waals surface area contributed by atoms with E-state index in [2.05, 4.69) is 60.1 Å². The van der Waals surface area contributed by atoms with Crippen LogP contribution in [0.15, 0.2) is 30.3 Å². The summed E-state index contributed by atoms with van der Waals surface area (Å²) >= 11 is 3.63. The Balaban J connectivity index is 3.01. The molecule has 0 spiro atoms. The molecule has 0 saturated heterocycles. The van der Waals surface area contributed by atoms with Crippen molar-refractivity contribution in [3.63, 3.8) is 0 Å². The predicted octanol–water partition coefficient (Wildman–Crippen LogP) is 4.14. The van der Waals surface area contributed by atoms with E-state index < -0.39 is 0 Å². The molecule has 0 N–H and O–H groups in total. The Kier molecular flexibility index (Phi) is 3.98. The molecule has 0 unspecified atom stereocenters. The van der Waals surface area contributed by atoms with Gasteiger partial charge < -0.3 is 0 Å². The highest BCUT2D eigenvalue weighted by Gasteiger charge is 2.26. The second-order valence-corrected chi connectivity index (χ2v) is 4.05. The monoisotopic (exact) mass is 240 g/mol. The molecule has 0 aliphatic rings. The Morgan fingerprint density at radius 3 is 2.00 bits per heavy atom. The fourth-order valence-corrected chi connectivity index (χ4v) is 2.83. The number of alkyl halides is 1. The highest BCUT2D eigenvalue weighted by Crippen LogP contribution is 2.33. The molecule has 1 aromatic carbocycles. The third-order valence-electron chi connectivity index (χ3n) is 3.00. The maximum Gasteiger partial charge on any atom is 0.0128 e. The number of hydrogen-bond acceptors (Lipinski definition) is 0. The molecule has 0 atom stereocenters. The van der Waals surface area contributed by atoms with Crippen molar-refractivity contribution in [3.05, 3.63) is 35.9 Å². The van der Waals surface area contributed by atoms with E-state index >= 15 is 0 Å². The summed E-state index contributed by atoms with van der Waals surface area (Å²) in [6, 6.07) is 10.8. The fraction of sp³-hybridized carbons (Fsp3) is 0.500. The molecule has 72 valence electrons. The Bertz CT molecular complexity index is 228. The van der Waals surface area contributed by atoms with Crippen LogP contribution in [0.5, 0.6) is 0 Å². The minimum Gasteiger partial charge on any atom is -0.0918 e. The summed E-state index contributed by atoms with van der Waals surface area (Å²) in [4.78, 5) is 0. The molecule has 1 rings (SSSR count). The third kappa shape index (κ3) is 2.14. The summed E-state index contributed by atoms with van der Waals surface area (Å²) < 4.78 is 0. The van der Waals surface area contributed by atoms with Crippen LogP contribution in [0.25, 0.3) is 0 Å². The number of halogens is 1. The van der Waals surface area contributed by atoms with Gasteiger partial charge in [-0.3, -0.25) is 0 Å². The van der Waals surface area contributed by atoms with Gasteiger partial charge in [0.15, 0.2) is 0 Å². The van der Waals surface area contributed by atoms with Crippen LogP contribution in [0.3, 0.4) is 0 Å². The van der Waals surface area contributed by atoms with E-state index in [0.717, 1.165) is 5.33 Å². The van der Waals surface area contributed by atoms with Crippen LogP contribution in [0.2, 0.25) is 0 Å². The zero-order valence-electron chi connectivity index (χ0n) is 8.39. The van der Waals surface area contributed by atoms with Crippen LogP contribution in [0, 0.1) is 0 Å². The summed E-state index contributed by atoms with van der Waals surface area (Å²) in [7, 11) is 0. The van der Waals surface area contributed by atoms with Crippen LogP contribution < -0.4 is 0 Å². The van der Waals surface area contributed by atoms with Crippen molar-refractivity contribution < 1.29 is 0 Å². The molecule has 0 aliphatic carbocycles. The van der Waals surface area contributed by atoms with Gasteiger partial charge >= 0.3 is 0 Å². The average Bonchev–Trinajstić information content (AvgIpc) is 2.23. The van der Waals surface area contributed by atoms with Gasteiger partial charge in [-0.05, 0) is 18.4 Å². The first-order chi connectivity index (χ1) is 6.29. The van der Waals surface area contributed by atoms with Crippen molar-refractivity contribution in [2.75, 3.05) is 5.33 Å². The van der Waals surface area contributed by atoms with Crippen molar-refractivity contribution in [1.29, 1.82) is 0 Å². The van der Waals surface area contributed by atoms with Gasteiger partial charge in [-0.15, -0.1) is 0 Å². The molecule has 0 aromatic heterocycles. The highest BCUT2D eigenvalue weighted by atomic mass is 79.9. The Labute approximate surface area is 89.5 Å². The first-order valence-corrected chi connectivity index (χ1v) is 6.02. The first-order valence-electron chi connectivity index (χ1n) is 4.90. The van der Waals surface area contributed by atoms with E-state index in [1.807, 2.05) is 0 Å².